The van der Waals surface area contributed by atoms with E-state index in [1.54, 1.807) is 37.3 Å². The first-order valence-corrected chi connectivity index (χ1v) is 13.5. The lowest BCUT2D eigenvalue weighted by Crippen LogP contribution is -2.64. The largest absolute Gasteiger partial charge is 0.464 e. The van der Waals surface area contributed by atoms with Crippen molar-refractivity contribution >= 4 is 17.8 Å². The van der Waals surface area contributed by atoms with Gasteiger partial charge in [0.15, 0.2) is 11.5 Å². The van der Waals surface area contributed by atoms with Gasteiger partial charge < -0.3 is 34.9 Å². The molecule has 1 fully saturated rings. The molecule has 1 saturated heterocycles. The van der Waals surface area contributed by atoms with Gasteiger partial charge in [0.1, 0.15) is 22.9 Å². The molecule has 11 nitrogen and oxygen atoms in total. The molecule has 0 bridgehead atoms. The maximum Gasteiger partial charge on any atom is 0.328 e. The topological polar surface area (TPSA) is 137 Å². The quantitative estimate of drug-likeness (QED) is 0.320. The summed E-state index contributed by atoms with van der Waals surface area (Å²) in [5.74, 6) is 0.0956. The average molecular weight is 561 g/mol. The number of aromatic nitrogens is 1. The molecule has 3 aromatic rings. The maximum atomic E-state index is 13.8. The summed E-state index contributed by atoms with van der Waals surface area (Å²) in [6, 6.07) is 16.7. The van der Waals surface area contributed by atoms with Gasteiger partial charge in [-0.2, -0.15) is 0 Å². The zero-order valence-electron chi connectivity index (χ0n) is 22.7. The number of amides is 2. The molecule has 2 aliphatic heterocycles. The van der Waals surface area contributed by atoms with Crippen LogP contribution < -0.4 is 30.2 Å². The first-order chi connectivity index (χ1) is 20.0. The van der Waals surface area contributed by atoms with E-state index < -0.39 is 29.4 Å². The van der Waals surface area contributed by atoms with E-state index in [9.17, 15) is 14.4 Å². The summed E-state index contributed by atoms with van der Waals surface area (Å²) in [6.45, 7) is 3.02. The summed E-state index contributed by atoms with van der Waals surface area (Å²) in [7, 11) is 0. The van der Waals surface area contributed by atoms with Crippen LogP contribution in [0, 0.1) is 0 Å². The number of carbonyl (C=O) groups excluding carboxylic acids is 3. The summed E-state index contributed by atoms with van der Waals surface area (Å²) >= 11 is 0. The molecule has 41 heavy (non-hydrogen) atoms. The van der Waals surface area contributed by atoms with Crippen molar-refractivity contribution in [1.29, 1.82) is 0 Å². The molecule has 3 heterocycles. The van der Waals surface area contributed by atoms with Crippen LogP contribution >= 0.6 is 0 Å². The number of carbonyl (C=O) groups is 3. The monoisotopic (exact) mass is 560 g/mol. The number of pyridine rings is 1. The molecule has 3 N–H and O–H groups in total. The second kappa shape index (κ2) is 12.7. The van der Waals surface area contributed by atoms with E-state index in [1.165, 1.54) is 6.20 Å². The number of benzene rings is 2. The van der Waals surface area contributed by atoms with Crippen LogP contribution in [-0.2, 0) is 20.7 Å². The van der Waals surface area contributed by atoms with Gasteiger partial charge in [0.25, 0.3) is 5.91 Å². The van der Waals surface area contributed by atoms with Gasteiger partial charge >= 0.3 is 5.97 Å². The number of esters is 1. The second-order valence-electron chi connectivity index (χ2n) is 9.73. The molecule has 214 valence electrons. The van der Waals surface area contributed by atoms with Crippen molar-refractivity contribution in [3.8, 4) is 23.1 Å². The Hall–Kier alpha value is -4.64. The van der Waals surface area contributed by atoms with Gasteiger partial charge in [-0.05, 0) is 62.7 Å². The van der Waals surface area contributed by atoms with Gasteiger partial charge in [0, 0.05) is 18.7 Å². The zero-order valence-corrected chi connectivity index (χ0v) is 22.7. The van der Waals surface area contributed by atoms with E-state index in [-0.39, 0.29) is 31.3 Å². The Balaban J connectivity index is 1.36. The Morgan fingerprint density at radius 1 is 1.02 bits per heavy atom. The SMILES string of the molecule is CCOC(=O)C(Cc1ccccc1)NC(=O)C1(NC(=O)c2cccnc2Oc2ccc3c(c2)OCO3)CCNCC1. The third-order valence-electron chi connectivity index (χ3n) is 6.98. The fourth-order valence-corrected chi connectivity index (χ4v) is 4.83. The highest BCUT2D eigenvalue weighted by Gasteiger charge is 2.43. The van der Waals surface area contributed by atoms with Crippen molar-refractivity contribution in [1.82, 2.24) is 20.9 Å². The Morgan fingerprint density at radius 2 is 1.80 bits per heavy atom. The Labute approximate surface area is 237 Å². The number of fused-ring (bicyclic) bond motifs is 1. The van der Waals surface area contributed by atoms with E-state index in [1.807, 2.05) is 30.3 Å². The molecular weight excluding hydrogens is 528 g/mol. The number of hydrogen-bond donors (Lipinski definition) is 3. The van der Waals surface area contributed by atoms with Crippen molar-refractivity contribution in [3.05, 3.63) is 78.0 Å². The smallest absolute Gasteiger partial charge is 0.328 e. The molecular formula is C30H32N4O7. The number of nitrogens with zero attached hydrogens (tertiary/aromatic N) is 1. The molecule has 0 spiro atoms. The van der Waals surface area contributed by atoms with Crippen molar-refractivity contribution in [2.75, 3.05) is 26.5 Å². The lowest BCUT2D eigenvalue weighted by Gasteiger charge is -2.38. The van der Waals surface area contributed by atoms with Gasteiger partial charge in [0.2, 0.25) is 18.6 Å². The van der Waals surface area contributed by atoms with E-state index >= 15 is 0 Å². The molecule has 5 rings (SSSR count). The molecule has 0 saturated carbocycles. The number of piperidine rings is 1. The number of nitrogens with one attached hydrogen (secondary N) is 3. The first kappa shape index (κ1) is 27.9. The summed E-state index contributed by atoms with van der Waals surface area (Å²) < 4.78 is 22.0. The van der Waals surface area contributed by atoms with Crippen LogP contribution in [0.15, 0.2) is 66.9 Å². The van der Waals surface area contributed by atoms with Crippen LogP contribution in [0.2, 0.25) is 0 Å². The van der Waals surface area contributed by atoms with Gasteiger partial charge in [-0.3, -0.25) is 9.59 Å². The highest BCUT2D eigenvalue weighted by molar-refractivity contribution is 6.01. The standard InChI is InChI=1S/C30H32N4O7/c1-2-38-28(36)23(17-20-7-4-3-5-8-20)33-29(37)30(12-15-31-16-13-30)34-26(35)22-9-6-14-32-27(22)41-21-10-11-24-25(18-21)40-19-39-24/h3-11,14,18,23,31H,2,12-13,15-17,19H2,1H3,(H,33,37)(H,34,35). The van der Waals surface area contributed by atoms with E-state index in [2.05, 4.69) is 20.9 Å². The summed E-state index contributed by atoms with van der Waals surface area (Å²) in [5, 5.41) is 9.04. The van der Waals surface area contributed by atoms with Gasteiger partial charge in [-0.25, -0.2) is 9.78 Å². The second-order valence-corrected chi connectivity index (χ2v) is 9.73. The first-order valence-electron chi connectivity index (χ1n) is 13.5. The van der Waals surface area contributed by atoms with E-state index in [4.69, 9.17) is 18.9 Å². The molecule has 1 unspecified atom stereocenters. The zero-order chi connectivity index (χ0) is 28.7. The third kappa shape index (κ3) is 6.58. The van der Waals surface area contributed by atoms with Crippen LogP contribution in [-0.4, -0.2) is 60.8 Å². The lowest BCUT2D eigenvalue weighted by atomic mass is 9.86. The van der Waals surface area contributed by atoms with E-state index in [0.717, 1.165) is 5.56 Å². The summed E-state index contributed by atoms with van der Waals surface area (Å²) in [4.78, 5) is 44.6. The van der Waals surface area contributed by atoms with E-state index in [0.29, 0.717) is 43.2 Å². The molecule has 2 aliphatic rings. The van der Waals surface area contributed by atoms with Crippen molar-refractivity contribution in [2.45, 2.75) is 37.8 Å². The normalized spacial score (nSPS) is 15.8. The molecule has 11 heteroatoms. The predicted octanol–water partition coefficient (Wildman–Crippen LogP) is 2.75. The minimum absolute atomic E-state index is 0.0711. The van der Waals surface area contributed by atoms with Crippen LogP contribution in [0.3, 0.4) is 0 Å². The Bertz CT molecular complexity index is 1390. The summed E-state index contributed by atoms with van der Waals surface area (Å²) in [6.07, 6.45) is 2.41. The highest BCUT2D eigenvalue weighted by atomic mass is 16.7. The number of ether oxygens (including phenoxy) is 4. The predicted molar refractivity (Wildman–Crippen MR) is 148 cm³/mol. The van der Waals surface area contributed by atoms with Gasteiger partial charge in [-0.1, -0.05) is 30.3 Å². The van der Waals surface area contributed by atoms with Crippen LogP contribution in [0.5, 0.6) is 23.1 Å². The average Bonchev–Trinajstić information content (AvgIpc) is 3.46. The third-order valence-corrected chi connectivity index (χ3v) is 6.98. The minimum atomic E-state index is -1.27. The van der Waals surface area contributed by atoms with Gasteiger partial charge in [0.05, 0.1) is 6.61 Å². The Morgan fingerprint density at radius 3 is 2.59 bits per heavy atom. The lowest BCUT2D eigenvalue weighted by molar-refractivity contribution is -0.148. The molecule has 1 atom stereocenters. The van der Waals surface area contributed by atoms with Crippen LogP contribution in [0.4, 0.5) is 0 Å². The fraction of sp³-hybridized carbons (Fsp3) is 0.333. The molecule has 2 amide bonds. The fourth-order valence-electron chi connectivity index (χ4n) is 4.83. The molecule has 0 radical (unpaired) electrons. The van der Waals surface area contributed by atoms with Crippen molar-refractivity contribution in [2.24, 2.45) is 0 Å². The van der Waals surface area contributed by atoms with Crippen LogP contribution in [0.1, 0.15) is 35.7 Å². The van der Waals surface area contributed by atoms with Crippen molar-refractivity contribution in [3.63, 3.8) is 0 Å². The van der Waals surface area contributed by atoms with Gasteiger partial charge in [-0.15, -0.1) is 0 Å². The highest BCUT2D eigenvalue weighted by Crippen LogP contribution is 2.36. The molecule has 1 aromatic heterocycles. The van der Waals surface area contributed by atoms with Crippen LogP contribution in [0.25, 0.3) is 0 Å². The molecule has 2 aromatic carbocycles. The Kier molecular flexibility index (Phi) is 8.64. The minimum Gasteiger partial charge on any atom is -0.464 e. The van der Waals surface area contributed by atoms with Crippen molar-refractivity contribution < 1.29 is 33.3 Å². The maximum absolute atomic E-state index is 13.8. The summed E-state index contributed by atoms with van der Waals surface area (Å²) in [5.41, 5.74) is -0.243. The molecule has 0 aliphatic carbocycles. The number of rotatable bonds is 10. The number of hydrogen-bond acceptors (Lipinski definition) is 9.